The smallest absolute Gasteiger partial charge is 0.171 e. The van der Waals surface area contributed by atoms with Gasteiger partial charge in [-0.1, -0.05) is 11.6 Å². The molecule has 0 atom stereocenters. The van der Waals surface area contributed by atoms with E-state index >= 15 is 0 Å². The fraction of sp³-hybridized carbons (Fsp3) is 0.286. The number of hydrogen-bond donors (Lipinski definition) is 0. The SMILES string of the molecule is COc1cc(Br)c(C)nc1Cl. The van der Waals surface area contributed by atoms with Crippen LogP contribution in [-0.4, -0.2) is 12.1 Å². The highest BCUT2D eigenvalue weighted by Gasteiger charge is 2.04. The van der Waals surface area contributed by atoms with E-state index in [1.54, 1.807) is 13.2 Å². The molecule has 0 N–H and O–H groups in total. The fourth-order valence-corrected chi connectivity index (χ4v) is 1.23. The van der Waals surface area contributed by atoms with Gasteiger partial charge in [-0.15, -0.1) is 0 Å². The summed E-state index contributed by atoms with van der Waals surface area (Å²) in [4.78, 5) is 4.04. The van der Waals surface area contributed by atoms with Crippen LogP contribution in [-0.2, 0) is 0 Å². The highest BCUT2D eigenvalue weighted by Crippen LogP contribution is 2.27. The average molecular weight is 236 g/mol. The van der Waals surface area contributed by atoms with E-state index in [4.69, 9.17) is 16.3 Å². The molecule has 0 bridgehead atoms. The Morgan fingerprint density at radius 2 is 2.27 bits per heavy atom. The standard InChI is InChI=1S/C7H7BrClNO/c1-4-5(8)3-6(11-2)7(9)10-4/h3H,1-2H3. The van der Waals surface area contributed by atoms with Crippen LogP contribution in [0.2, 0.25) is 5.15 Å². The molecule has 0 fully saturated rings. The lowest BCUT2D eigenvalue weighted by Gasteiger charge is -2.03. The number of hydrogen-bond acceptors (Lipinski definition) is 2. The molecule has 2 nitrogen and oxygen atoms in total. The number of aromatic nitrogens is 1. The lowest BCUT2D eigenvalue weighted by atomic mass is 10.4. The van der Waals surface area contributed by atoms with Crippen molar-refractivity contribution in [3.8, 4) is 5.75 Å². The summed E-state index contributed by atoms with van der Waals surface area (Å²) in [5.74, 6) is 0.587. The molecule has 0 aliphatic heterocycles. The second kappa shape index (κ2) is 3.41. The predicted molar refractivity (Wildman–Crippen MR) is 48.2 cm³/mol. The summed E-state index contributed by atoms with van der Waals surface area (Å²) < 4.78 is 5.86. The van der Waals surface area contributed by atoms with Crippen LogP contribution < -0.4 is 4.74 Å². The predicted octanol–water partition coefficient (Wildman–Crippen LogP) is 2.81. The maximum Gasteiger partial charge on any atom is 0.171 e. The van der Waals surface area contributed by atoms with Gasteiger partial charge in [0.2, 0.25) is 0 Å². The van der Waals surface area contributed by atoms with Crippen molar-refractivity contribution in [3.05, 3.63) is 21.4 Å². The number of methoxy groups -OCH3 is 1. The van der Waals surface area contributed by atoms with Gasteiger partial charge < -0.3 is 4.74 Å². The van der Waals surface area contributed by atoms with E-state index in [1.165, 1.54) is 0 Å². The van der Waals surface area contributed by atoms with Crippen molar-refractivity contribution in [2.24, 2.45) is 0 Å². The molecule has 0 radical (unpaired) electrons. The molecule has 0 aliphatic rings. The summed E-state index contributed by atoms with van der Waals surface area (Å²) in [5, 5.41) is 0.396. The lowest BCUT2D eigenvalue weighted by molar-refractivity contribution is 0.412. The number of ether oxygens (including phenoxy) is 1. The molecule has 0 saturated heterocycles. The molecular formula is C7H7BrClNO. The molecule has 1 heterocycles. The van der Waals surface area contributed by atoms with Crippen molar-refractivity contribution in [1.82, 2.24) is 4.98 Å². The highest BCUT2D eigenvalue weighted by molar-refractivity contribution is 9.10. The van der Waals surface area contributed by atoms with Crippen LogP contribution in [0.5, 0.6) is 5.75 Å². The van der Waals surface area contributed by atoms with E-state index in [-0.39, 0.29) is 0 Å². The Morgan fingerprint density at radius 1 is 1.64 bits per heavy atom. The van der Waals surface area contributed by atoms with Gasteiger partial charge >= 0.3 is 0 Å². The zero-order valence-electron chi connectivity index (χ0n) is 6.19. The molecule has 0 aromatic carbocycles. The van der Waals surface area contributed by atoms with Crippen LogP contribution in [0.15, 0.2) is 10.5 Å². The second-order valence-corrected chi connectivity index (χ2v) is 3.26. The van der Waals surface area contributed by atoms with Crippen LogP contribution in [0.3, 0.4) is 0 Å². The molecule has 1 aromatic heterocycles. The topological polar surface area (TPSA) is 22.1 Å². The third kappa shape index (κ3) is 1.84. The highest BCUT2D eigenvalue weighted by atomic mass is 79.9. The lowest BCUT2D eigenvalue weighted by Crippen LogP contribution is -1.89. The van der Waals surface area contributed by atoms with E-state index in [1.807, 2.05) is 6.92 Å². The van der Waals surface area contributed by atoms with Gasteiger partial charge in [-0.25, -0.2) is 4.98 Å². The molecule has 1 rings (SSSR count). The molecule has 0 amide bonds. The first kappa shape index (κ1) is 8.81. The number of halogens is 2. The maximum atomic E-state index is 5.74. The zero-order valence-corrected chi connectivity index (χ0v) is 8.53. The Labute approximate surface area is 78.7 Å². The summed E-state index contributed by atoms with van der Waals surface area (Å²) in [6.45, 7) is 1.87. The Balaban J connectivity index is 3.21. The van der Waals surface area contributed by atoms with Crippen LogP contribution in [0.4, 0.5) is 0 Å². The monoisotopic (exact) mass is 235 g/mol. The zero-order chi connectivity index (χ0) is 8.43. The van der Waals surface area contributed by atoms with Gasteiger partial charge in [0.1, 0.15) is 0 Å². The van der Waals surface area contributed by atoms with Crippen LogP contribution >= 0.6 is 27.5 Å². The Bertz CT molecular complexity index is 277. The Hall–Kier alpha value is -0.280. The van der Waals surface area contributed by atoms with Crippen LogP contribution in [0.25, 0.3) is 0 Å². The van der Waals surface area contributed by atoms with Crippen molar-refractivity contribution in [1.29, 1.82) is 0 Å². The molecule has 0 spiro atoms. The summed E-state index contributed by atoms with van der Waals surface area (Å²) >= 11 is 9.06. The average Bonchev–Trinajstić information content (AvgIpc) is 1.97. The first-order chi connectivity index (χ1) is 5.15. The van der Waals surface area contributed by atoms with Crippen molar-refractivity contribution in [2.45, 2.75) is 6.92 Å². The van der Waals surface area contributed by atoms with Crippen molar-refractivity contribution in [2.75, 3.05) is 7.11 Å². The van der Waals surface area contributed by atoms with Crippen molar-refractivity contribution < 1.29 is 4.74 Å². The number of nitrogens with zero attached hydrogens (tertiary/aromatic N) is 1. The molecule has 60 valence electrons. The van der Waals surface area contributed by atoms with E-state index in [2.05, 4.69) is 20.9 Å². The van der Waals surface area contributed by atoms with Gasteiger partial charge in [-0.3, -0.25) is 0 Å². The first-order valence-corrected chi connectivity index (χ1v) is 4.19. The van der Waals surface area contributed by atoms with E-state index < -0.39 is 0 Å². The minimum absolute atomic E-state index is 0.396. The third-order valence-corrected chi connectivity index (χ3v) is 2.37. The van der Waals surface area contributed by atoms with Gasteiger partial charge in [-0.2, -0.15) is 0 Å². The van der Waals surface area contributed by atoms with Gasteiger partial charge in [0, 0.05) is 4.47 Å². The summed E-state index contributed by atoms with van der Waals surface area (Å²) in [6.07, 6.45) is 0. The van der Waals surface area contributed by atoms with Gasteiger partial charge in [0.15, 0.2) is 10.9 Å². The van der Waals surface area contributed by atoms with Gasteiger partial charge in [-0.05, 0) is 28.9 Å². The number of pyridine rings is 1. The third-order valence-electron chi connectivity index (χ3n) is 1.29. The summed E-state index contributed by atoms with van der Waals surface area (Å²) in [5.41, 5.74) is 0.857. The molecule has 11 heavy (non-hydrogen) atoms. The van der Waals surface area contributed by atoms with E-state index in [0.29, 0.717) is 10.9 Å². The van der Waals surface area contributed by atoms with Crippen molar-refractivity contribution >= 4 is 27.5 Å². The number of rotatable bonds is 1. The van der Waals surface area contributed by atoms with Gasteiger partial charge in [0.05, 0.1) is 12.8 Å². The minimum Gasteiger partial charge on any atom is -0.493 e. The molecule has 4 heteroatoms. The van der Waals surface area contributed by atoms with E-state index in [9.17, 15) is 0 Å². The molecule has 0 unspecified atom stereocenters. The summed E-state index contributed by atoms with van der Waals surface area (Å²) in [6, 6.07) is 1.80. The van der Waals surface area contributed by atoms with Gasteiger partial charge in [0.25, 0.3) is 0 Å². The summed E-state index contributed by atoms with van der Waals surface area (Å²) in [7, 11) is 1.56. The minimum atomic E-state index is 0.396. The maximum absolute atomic E-state index is 5.74. The van der Waals surface area contributed by atoms with E-state index in [0.717, 1.165) is 10.2 Å². The van der Waals surface area contributed by atoms with Crippen LogP contribution in [0.1, 0.15) is 5.69 Å². The molecule has 0 saturated carbocycles. The normalized spacial score (nSPS) is 9.82. The van der Waals surface area contributed by atoms with Crippen LogP contribution in [0, 0.1) is 6.92 Å². The quantitative estimate of drug-likeness (QED) is 0.700. The molecule has 0 aliphatic carbocycles. The fourth-order valence-electron chi connectivity index (χ4n) is 0.678. The first-order valence-electron chi connectivity index (χ1n) is 3.01. The largest absolute Gasteiger partial charge is 0.493 e. The Morgan fingerprint density at radius 3 is 2.82 bits per heavy atom. The molecule has 1 aromatic rings. The second-order valence-electron chi connectivity index (χ2n) is 2.05. The Kier molecular flexibility index (Phi) is 2.73. The number of aryl methyl sites for hydroxylation is 1. The molecular weight excluding hydrogens is 229 g/mol. The van der Waals surface area contributed by atoms with Crippen molar-refractivity contribution in [3.63, 3.8) is 0 Å².